The van der Waals surface area contributed by atoms with Crippen LogP contribution in [0.3, 0.4) is 0 Å². The first-order chi connectivity index (χ1) is 7.69. The zero-order chi connectivity index (χ0) is 11.6. The number of aliphatic hydroxyl groups excluding tert-OH is 1. The highest BCUT2D eigenvalue weighted by molar-refractivity contribution is 5.22. The molecular formula is C12H15NO3. The topological polar surface area (TPSA) is 66.4 Å². The molecule has 2 atom stereocenters. The Labute approximate surface area is 94.4 Å². The van der Waals surface area contributed by atoms with Gasteiger partial charge in [-0.05, 0) is 31.4 Å². The third-order valence-corrected chi connectivity index (χ3v) is 3.17. The predicted molar refractivity (Wildman–Crippen MR) is 56.5 cm³/mol. The van der Waals surface area contributed by atoms with Crippen molar-refractivity contribution in [2.45, 2.75) is 25.9 Å². The fraction of sp³-hybridized carbons (Fsp3) is 0.583. The molecule has 0 bridgehead atoms. The number of furan rings is 1. The number of nitrogens with zero attached hydrogens (tertiary/aromatic N) is 1. The van der Waals surface area contributed by atoms with E-state index >= 15 is 0 Å². The molecule has 1 fully saturated rings. The van der Waals surface area contributed by atoms with Crippen LogP contribution >= 0.6 is 0 Å². The lowest BCUT2D eigenvalue weighted by Crippen LogP contribution is -2.36. The number of nitriles is 1. The molecule has 1 aliphatic heterocycles. The molecule has 0 amide bonds. The molecule has 1 aromatic rings. The van der Waals surface area contributed by atoms with Crippen molar-refractivity contribution in [3.8, 4) is 6.07 Å². The van der Waals surface area contributed by atoms with E-state index in [2.05, 4.69) is 6.07 Å². The molecule has 86 valence electrons. The number of hydrogen-bond acceptors (Lipinski definition) is 4. The first-order valence-corrected chi connectivity index (χ1v) is 5.41. The van der Waals surface area contributed by atoms with Gasteiger partial charge < -0.3 is 14.3 Å². The van der Waals surface area contributed by atoms with E-state index in [4.69, 9.17) is 9.15 Å². The van der Waals surface area contributed by atoms with Gasteiger partial charge in [-0.25, -0.2) is 0 Å². The first kappa shape index (κ1) is 11.2. The summed E-state index contributed by atoms with van der Waals surface area (Å²) in [4.78, 5) is 0. The van der Waals surface area contributed by atoms with Crippen molar-refractivity contribution < 1.29 is 14.3 Å². The smallest absolute Gasteiger partial charge is 0.136 e. The second-order valence-electron chi connectivity index (χ2n) is 4.29. The second-order valence-corrected chi connectivity index (χ2v) is 4.29. The molecule has 16 heavy (non-hydrogen) atoms. The third kappa shape index (κ3) is 1.73. The Morgan fingerprint density at radius 3 is 2.94 bits per heavy atom. The average Bonchev–Trinajstić information content (AvgIpc) is 2.75. The van der Waals surface area contributed by atoms with Gasteiger partial charge >= 0.3 is 0 Å². The molecule has 0 saturated carbocycles. The number of aryl methyl sites for hydroxylation is 1. The van der Waals surface area contributed by atoms with Crippen LogP contribution in [0.25, 0.3) is 0 Å². The van der Waals surface area contributed by atoms with Crippen molar-refractivity contribution in [1.29, 1.82) is 5.26 Å². The van der Waals surface area contributed by atoms with Crippen molar-refractivity contribution in [3.05, 3.63) is 23.7 Å². The summed E-state index contributed by atoms with van der Waals surface area (Å²) in [6, 6.07) is 3.98. The molecule has 2 unspecified atom stereocenters. The zero-order valence-electron chi connectivity index (χ0n) is 9.27. The molecule has 1 saturated heterocycles. The van der Waals surface area contributed by atoms with Crippen LogP contribution in [0, 0.1) is 23.7 Å². The number of hydrogen-bond donors (Lipinski definition) is 1. The van der Waals surface area contributed by atoms with Crippen LogP contribution in [0.2, 0.25) is 0 Å². The maximum atomic E-state index is 10.3. The summed E-state index contributed by atoms with van der Waals surface area (Å²) in [5.74, 6) is 0.479. The Kier molecular flexibility index (Phi) is 2.99. The van der Waals surface area contributed by atoms with Gasteiger partial charge in [0.05, 0.1) is 18.9 Å². The van der Waals surface area contributed by atoms with Crippen LogP contribution in [0.1, 0.15) is 30.3 Å². The molecule has 2 rings (SSSR count). The minimum atomic E-state index is -0.909. The van der Waals surface area contributed by atoms with Crippen LogP contribution in [-0.4, -0.2) is 18.3 Å². The SMILES string of the molecule is Cc1ccoc1C(O)C1(C#N)CCCOC1. The van der Waals surface area contributed by atoms with Gasteiger partial charge in [-0.1, -0.05) is 0 Å². The second kappa shape index (κ2) is 4.28. The molecule has 2 heterocycles. The van der Waals surface area contributed by atoms with Gasteiger partial charge in [0, 0.05) is 6.61 Å². The average molecular weight is 221 g/mol. The van der Waals surface area contributed by atoms with Gasteiger partial charge in [0.1, 0.15) is 17.3 Å². The van der Waals surface area contributed by atoms with Crippen molar-refractivity contribution in [2.24, 2.45) is 5.41 Å². The minimum Gasteiger partial charge on any atom is -0.466 e. The van der Waals surface area contributed by atoms with E-state index in [1.54, 1.807) is 6.07 Å². The van der Waals surface area contributed by atoms with E-state index in [0.29, 0.717) is 18.8 Å². The van der Waals surface area contributed by atoms with Gasteiger partial charge in [-0.2, -0.15) is 5.26 Å². The van der Waals surface area contributed by atoms with E-state index in [-0.39, 0.29) is 6.61 Å². The van der Waals surface area contributed by atoms with Crippen molar-refractivity contribution in [3.63, 3.8) is 0 Å². The summed E-state index contributed by atoms with van der Waals surface area (Å²) in [5.41, 5.74) is 0.00798. The van der Waals surface area contributed by atoms with Gasteiger partial charge in [0.15, 0.2) is 0 Å². The van der Waals surface area contributed by atoms with Gasteiger partial charge in [-0.3, -0.25) is 0 Å². The van der Waals surface area contributed by atoms with Gasteiger partial charge in [0.2, 0.25) is 0 Å². The third-order valence-electron chi connectivity index (χ3n) is 3.17. The van der Waals surface area contributed by atoms with E-state index < -0.39 is 11.5 Å². The van der Waals surface area contributed by atoms with Gasteiger partial charge in [-0.15, -0.1) is 0 Å². The highest BCUT2D eigenvalue weighted by atomic mass is 16.5. The minimum absolute atomic E-state index is 0.269. The zero-order valence-corrected chi connectivity index (χ0v) is 9.27. The quantitative estimate of drug-likeness (QED) is 0.828. The Hall–Kier alpha value is -1.31. The van der Waals surface area contributed by atoms with E-state index in [0.717, 1.165) is 12.0 Å². The summed E-state index contributed by atoms with van der Waals surface area (Å²) in [6.45, 7) is 2.79. The van der Waals surface area contributed by atoms with E-state index in [1.165, 1.54) is 6.26 Å². The number of ether oxygens (including phenoxy) is 1. The van der Waals surface area contributed by atoms with Crippen LogP contribution in [0.15, 0.2) is 16.7 Å². The fourth-order valence-corrected chi connectivity index (χ4v) is 2.10. The van der Waals surface area contributed by atoms with Crippen LogP contribution < -0.4 is 0 Å². The van der Waals surface area contributed by atoms with Crippen molar-refractivity contribution in [1.82, 2.24) is 0 Å². The molecular weight excluding hydrogens is 206 g/mol. The normalized spacial score (nSPS) is 27.3. The van der Waals surface area contributed by atoms with Crippen LogP contribution in [0.4, 0.5) is 0 Å². The number of aliphatic hydroxyl groups is 1. The highest BCUT2D eigenvalue weighted by Crippen LogP contribution is 2.41. The Morgan fingerprint density at radius 2 is 2.44 bits per heavy atom. The molecule has 1 N–H and O–H groups in total. The summed E-state index contributed by atoms with van der Waals surface area (Å²) in [7, 11) is 0. The number of rotatable bonds is 2. The monoisotopic (exact) mass is 221 g/mol. The summed E-state index contributed by atoms with van der Waals surface area (Å²) < 4.78 is 10.6. The van der Waals surface area contributed by atoms with Crippen LogP contribution in [-0.2, 0) is 4.74 Å². The maximum absolute atomic E-state index is 10.3. The molecule has 1 aromatic heterocycles. The summed E-state index contributed by atoms with van der Waals surface area (Å²) in [6.07, 6.45) is 2.06. The van der Waals surface area contributed by atoms with E-state index in [9.17, 15) is 10.4 Å². The Bertz CT molecular complexity index is 399. The lowest BCUT2D eigenvalue weighted by molar-refractivity contribution is -0.0582. The summed E-state index contributed by atoms with van der Waals surface area (Å²) >= 11 is 0. The largest absolute Gasteiger partial charge is 0.466 e. The summed E-state index contributed by atoms with van der Waals surface area (Å²) in [5, 5.41) is 19.5. The fourth-order valence-electron chi connectivity index (χ4n) is 2.10. The molecule has 0 aromatic carbocycles. The van der Waals surface area contributed by atoms with Crippen LogP contribution in [0.5, 0.6) is 0 Å². The van der Waals surface area contributed by atoms with Crippen molar-refractivity contribution in [2.75, 3.05) is 13.2 Å². The highest BCUT2D eigenvalue weighted by Gasteiger charge is 2.43. The Balaban J connectivity index is 2.28. The van der Waals surface area contributed by atoms with Crippen molar-refractivity contribution >= 4 is 0 Å². The molecule has 0 spiro atoms. The molecule has 4 nitrogen and oxygen atoms in total. The lowest BCUT2D eigenvalue weighted by atomic mass is 9.77. The first-order valence-electron chi connectivity index (χ1n) is 5.41. The predicted octanol–water partition coefficient (Wildman–Crippen LogP) is 1.94. The maximum Gasteiger partial charge on any atom is 0.136 e. The van der Waals surface area contributed by atoms with E-state index in [1.807, 2.05) is 6.92 Å². The molecule has 4 heteroatoms. The molecule has 0 radical (unpaired) electrons. The standard InChI is InChI=1S/C12H15NO3/c1-9-3-6-16-10(9)11(14)12(7-13)4-2-5-15-8-12/h3,6,11,14H,2,4-5,8H2,1H3. The lowest BCUT2D eigenvalue weighted by Gasteiger charge is -2.33. The molecule has 0 aliphatic carbocycles. The Morgan fingerprint density at radius 1 is 1.62 bits per heavy atom. The van der Waals surface area contributed by atoms with Gasteiger partial charge in [0.25, 0.3) is 0 Å². The molecule has 1 aliphatic rings.